The Balaban J connectivity index is 0.000000587. The number of alkyl halides is 6. The number of carbonyl (C=O) groups excluding carboxylic acids is 1. The summed E-state index contributed by atoms with van der Waals surface area (Å²) in [6.45, 7) is 1.02. The summed E-state index contributed by atoms with van der Waals surface area (Å²) in [7, 11) is 0. The van der Waals surface area contributed by atoms with Gasteiger partial charge in [0.05, 0.1) is 5.56 Å². The SMILES string of the molecule is O=C(Nc1ncccc1O)N1CCC(=Cc2cccc(Oc3ccc(C(F)(F)F)cn3)c2)CC1.O=C(O)C(F)(F)F. The first-order chi connectivity index (χ1) is 19.2. The zero-order valence-corrected chi connectivity index (χ0v) is 20.9. The summed E-state index contributed by atoms with van der Waals surface area (Å²) in [6, 6.07) is 11.9. The predicted molar refractivity (Wildman–Crippen MR) is 133 cm³/mol. The van der Waals surface area contributed by atoms with Gasteiger partial charge < -0.3 is 19.8 Å². The Bertz CT molecular complexity index is 1380. The summed E-state index contributed by atoms with van der Waals surface area (Å²) in [4.78, 5) is 30.7. The fourth-order valence-electron chi connectivity index (χ4n) is 3.45. The van der Waals surface area contributed by atoms with Crippen LogP contribution >= 0.6 is 0 Å². The highest BCUT2D eigenvalue weighted by atomic mass is 19.4. The van der Waals surface area contributed by atoms with E-state index in [1.165, 1.54) is 18.3 Å². The van der Waals surface area contributed by atoms with Crippen molar-refractivity contribution in [1.82, 2.24) is 14.9 Å². The van der Waals surface area contributed by atoms with Crippen molar-refractivity contribution in [2.45, 2.75) is 25.2 Å². The van der Waals surface area contributed by atoms with E-state index in [1.807, 2.05) is 12.1 Å². The van der Waals surface area contributed by atoms with E-state index >= 15 is 0 Å². The van der Waals surface area contributed by atoms with E-state index in [2.05, 4.69) is 15.3 Å². The Hall–Kier alpha value is -4.82. The third kappa shape index (κ3) is 9.40. The van der Waals surface area contributed by atoms with Crippen LogP contribution in [-0.4, -0.2) is 56.3 Å². The number of urea groups is 1. The molecule has 4 rings (SSSR count). The number of benzene rings is 1. The number of carboxylic acids is 1. The zero-order chi connectivity index (χ0) is 30.2. The van der Waals surface area contributed by atoms with Crippen molar-refractivity contribution < 1.29 is 50.9 Å². The number of aromatic nitrogens is 2. The first-order valence-corrected chi connectivity index (χ1v) is 11.7. The minimum Gasteiger partial charge on any atom is -0.504 e. The first kappa shape index (κ1) is 30.7. The summed E-state index contributed by atoms with van der Waals surface area (Å²) < 4.78 is 75.4. The summed E-state index contributed by atoms with van der Waals surface area (Å²) in [5.41, 5.74) is 1.18. The molecule has 218 valence electrons. The van der Waals surface area contributed by atoms with Gasteiger partial charge in [0.1, 0.15) is 5.75 Å². The third-order valence-electron chi connectivity index (χ3n) is 5.46. The Kier molecular flexibility index (Phi) is 9.76. The number of carbonyl (C=O) groups is 2. The van der Waals surface area contributed by atoms with Crippen molar-refractivity contribution in [3.63, 3.8) is 0 Å². The molecular weight excluding hydrogens is 562 g/mol. The van der Waals surface area contributed by atoms with Gasteiger partial charge >= 0.3 is 24.4 Å². The van der Waals surface area contributed by atoms with Gasteiger partial charge in [-0.05, 0) is 48.7 Å². The number of aliphatic carboxylic acids is 1. The molecule has 2 aromatic heterocycles. The minimum atomic E-state index is -5.08. The van der Waals surface area contributed by atoms with Gasteiger partial charge in [-0.3, -0.25) is 5.32 Å². The molecule has 41 heavy (non-hydrogen) atoms. The maximum Gasteiger partial charge on any atom is 0.490 e. The topological polar surface area (TPSA) is 125 Å². The van der Waals surface area contributed by atoms with E-state index in [-0.39, 0.29) is 23.5 Å². The number of nitrogens with one attached hydrogen (secondary N) is 1. The average molecular weight is 584 g/mol. The number of hydrogen-bond acceptors (Lipinski definition) is 6. The molecule has 0 spiro atoms. The number of likely N-dealkylation sites (tertiary alicyclic amines) is 1. The predicted octanol–water partition coefficient (Wildman–Crippen LogP) is 6.34. The number of carboxylic acid groups (broad SMARTS) is 1. The molecule has 0 unspecified atom stereocenters. The molecule has 1 aromatic carbocycles. The van der Waals surface area contributed by atoms with Crippen LogP contribution in [0.1, 0.15) is 24.0 Å². The minimum absolute atomic E-state index is 0.0658. The largest absolute Gasteiger partial charge is 0.504 e. The van der Waals surface area contributed by atoms with Crippen LogP contribution in [0.3, 0.4) is 0 Å². The summed E-state index contributed by atoms with van der Waals surface area (Å²) >= 11 is 0. The Morgan fingerprint density at radius 2 is 1.66 bits per heavy atom. The number of pyridine rings is 2. The lowest BCUT2D eigenvalue weighted by Gasteiger charge is -2.28. The second-order valence-electron chi connectivity index (χ2n) is 8.45. The highest BCUT2D eigenvalue weighted by Gasteiger charge is 2.38. The van der Waals surface area contributed by atoms with Crippen LogP contribution in [0.15, 0.2) is 66.5 Å². The number of aromatic hydroxyl groups is 1. The Labute approximate surface area is 228 Å². The molecule has 9 nitrogen and oxygen atoms in total. The summed E-state index contributed by atoms with van der Waals surface area (Å²) in [6.07, 6.45) is -3.96. The van der Waals surface area contributed by atoms with Crippen LogP contribution in [-0.2, 0) is 11.0 Å². The van der Waals surface area contributed by atoms with Crippen LogP contribution in [0.2, 0.25) is 0 Å². The second kappa shape index (κ2) is 13.0. The quantitative estimate of drug-likeness (QED) is 0.306. The molecule has 0 atom stereocenters. The van der Waals surface area contributed by atoms with Crippen LogP contribution in [0.5, 0.6) is 17.4 Å². The number of rotatable bonds is 4. The lowest BCUT2D eigenvalue weighted by Crippen LogP contribution is -2.39. The smallest absolute Gasteiger partial charge is 0.490 e. The van der Waals surface area contributed by atoms with E-state index in [0.717, 1.165) is 23.4 Å². The lowest BCUT2D eigenvalue weighted by molar-refractivity contribution is -0.192. The van der Waals surface area contributed by atoms with Crippen LogP contribution in [0.4, 0.5) is 37.0 Å². The van der Waals surface area contributed by atoms with Crippen LogP contribution < -0.4 is 10.1 Å². The van der Waals surface area contributed by atoms with Crippen LogP contribution in [0.25, 0.3) is 6.08 Å². The highest BCUT2D eigenvalue weighted by Crippen LogP contribution is 2.30. The second-order valence-corrected chi connectivity index (χ2v) is 8.45. The van der Waals surface area contributed by atoms with Gasteiger partial charge in [-0.1, -0.05) is 23.8 Å². The molecule has 0 aliphatic carbocycles. The number of amides is 2. The van der Waals surface area contributed by atoms with Crippen LogP contribution in [0, 0.1) is 0 Å². The number of piperidine rings is 1. The van der Waals surface area contributed by atoms with Crippen molar-refractivity contribution >= 4 is 23.9 Å². The normalized spacial score (nSPS) is 13.5. The molecule has 1 saturated heterocycles. The number of ether oxygens (including phenoxy) is 1. The molecule has 1 aliphatic heterocycles. The molecule has 1 fully saturated rings. The highest BCUT2D eigenvalue weighted by molar-refractivity contribution is 5.89. The van der Waals surface area contributed by atoms with Gasteiger partial charge in [0.25, 0.3) is 0 Å². The molecular formula is C26H22F6N4O5. The van der Waals surface area contributed by atoms with E-state index in [0.29, 0.717) is 31.7 Å². The average Bonchev–Trinajstić information content (AvgIpc) is 2.90. The van der Waals surface area contributed by atoms with Crippen molar-refractivity contribution in [3.05, 3.63) is 77.6 Å². The molecule has 0 bridgehead atoms. The summed E-state index contributed by atoms with van der Waals surface area (Å²) in [5, 5.41) is 19.5. The molecule has 2 amide bonds. The third-order valence-corrected chi connectivity index (χ3v) is 5.46. The van der Waals surface area contributed by atoms with Gasteiger partial charge in [-0.15, -0.1) is 0 Å². The first-order valence-electron chi connectivity index (χ1n) is 11.7. The molecule has 0 saturated carbocycles. The Morgan fingerprint density at radius 1 is 0.976 bits per heavy atom. The Morgan fingerprint density at radius 3 is 2.22 bits per heavy atom. The van der Waals surface area contributed by atoms with Gasteiger partial charge in [0, 0.05) is 31.5 Å². The molecule has 3 aromatic rings. The monoisotopic (exact) mass is 584 g/mol. The molecule has 3 N–H and O–H groups in total. The van der Waals surface area contributed by atoms with Crippen molar-refractivity contribution in [2.75, 3.05) is 18.4 Å². The standard InChI is InChI=1S/C24H21F3N4O3.C2HF3O2/c25-24(26,27)18-6-7-21(29-15-18)34-19-4-1-3-17(14-19)13-16-8-11-31(12-9-16)23(33)30-22-20(32)5-2-10-28-22;3-2(4,5)1(6)7/h1-7,10,13-15,32H,8-9,11-12H2,(H,28,30,33);(H,6,7). The lowest BCUT2D eigenvalue weighted by atomic mass is 10.0. The van der Waals surface area contributed by atoms with Gasteiger partial charge in [-0.25, -0.2) is 19.6 Å². The van der Waals surface area contributed by atoms with E-state index < -0.39 is 23.9 Å². The van der Waals surface area contributed by atoms with E-state index in [4.69, 9.17) is 14.6 Å². The molecule has 15 heteroatoms. The van der Waals surface area contributed by atoms with E-state index in [9.17, 15) is 36.2 Å². The van der Waals surface area contributed by atoms with Gasteiger partial charge in [-0.2, -0.15) is 26.3 Å². The van der Waals surface area contributed by atoms with Crippen molar-refractivity contribution in [2.24, 2.45) is 0 Å². The number of hydrogen-bond donors (Lipinski definition) is 3. The number of halogens is 6. The zero-order valence-electron chi connectivity index (χ0n) is 20.9. The fraction of sp³-hybridized carbons (Fsp3) is 0.231. The number of anilines is 1. The van der Waals surface area contributed by atoms with Gasteiger partial charge in [0.15, 0.2) is 11.6 Å². The number of nitrogens with zero attached hydrogens (tertiary/aromatic N) is 3. The fourth-order valence-corrected chi connectivity index (χ4v) is 3.45. The maximum absolute atomic E-state index is 12.7. The van der Waals surface area contributed by atoms with Gasteiger partial charge in [0.2, 0.25) is 5.88 Å². The molecule has 0 radical (unpaired) electrons. The molecule has 1 aliphatic rings. The molecule has 3 heterocycles. The van der Waals surface area contributed by atoms with Crippen molar-refractivity contribution in [1.29, 1.82) is 0 Å². The summed E-state index contributed by atoms with van der Waals surface area (Å²) in [5.74, 6) is -2.22. The maximum atomic E-state index is 12.7. The van der Waals surface area contributed by atoms with E-state index in [1.54, 1.807) is 29.2 Å². The van der Waals surface area contributed by atoms with Crippen molar-refractivity contribution in [3.8, 4) is 17.4 Å².